The fraction of sp³-hybridized carbons (Fsp3) is 0.133. The normalized spacial score (nSPS) is 22.8. The van der Waals surface area contributed by atoms with E-state index in [9.17, 15) is 5.11 Å². The van der Waals surface area contributed by atoms with Crippen molar-refractivity contribution in [2.75, 3.05) is 0 Å². The molecule has 0 spiro atoms. The molecule has 2 unspecified atom stereocenters. The van der Waals surface area contributed by atoms with E-state index in [0.29, 0.717) is 0 Å². The summed E-state index contributed by atoms with van der Waals surface area (Å²) in [6.45, 7) is 19.5. The van der Waals surface area contributed by atoms with Gasteiger partial charge in [-0.2, -0.15) is 0 Å². The molecule has 0 bridgehead atoms. The molecule has 0 radical (unpaired) electrons. The Morgan fingerprint density at radius 1 is 0.935 bits per heavy atom. The maximum absolute atomic E-state index is 10.00. The molecule has 2 rings (SSSR count). The Morgan fingerprint density at radius 2 is 1.58 bits per heavy atom. The minimum Gasteiger partial charge on any atom is -0.389 e. The van der Waals surface area contributed by atoms with Gasteiger partial charge in [-0.25, -0.2) is 0 Å². The first-order valence-corrected chi connectivity index (χ1v) is 10.4. The SMILES string of the molecule is C=C/C=C\C(=C/C=C)C1(C(/C=C\C(C)O)=C/C=C)C(=C/C)/C(=C\C=C)c2ccccc21. The number of aliphatic hydroxyl groups excluding tert-OH is 1. The van der Waals surface area contributed by atoms with Gasteiger partial charge in [-0.1, -0.05) is 123 Å². The van der Waals surface area contributed by atoms with Gasteiger partial charge in [0.1, 0.15) is 0 Å². The van der Waals surface area contributed by atoms with E-state index in [1.165, 1.54) is 0 Å². The maximum Gasteiger partial charge on any atom is 0.0710 e. The van der Waals surface area contributed by atoms with Crippen LogP contribution in [-0.2, 0) is 5.41 Å². The summed E-state index contributed by atoms with van der Waals surface area (Å²) >= 11 is 0. The maximum atomic E-state index is 10.00. The van der Waals surface area contributed by atoms with E-state index in [0.717, 1.165) is 33.4 Å². The predicted octanol–water partition coefficient (Wildman–Crippen LogP) is 7.36. The fourth-order valence-corrected chi connectivity index (χ4v) is 4.27. The summed E-state index contributed by atoms with van der Waals surface area (Å²) < 4.78 is 0. The van der Waals surface area contributed by atoms with E-state index in [-0.39, 0.29) is 0 Å². The fourth-order valence-electron chi connectivity index (χ4n) is 4.27. The Morgan fingerprint density at radius 3 is 2.13 bits per heavy atom. The summed E-state index contributed by atoms with van der Waals surface area (Å²) in [6, 6.07) is 8.42. The number of fused-ring (bicyclic) bond motifs is 1. The Hall–Kier alpha value is -3.42. The Bertz CT molecular complexity index is 1030. The van der Waals surface area contributed by atoms with E-state index in [2.05, 4.69) is 75.7 Å². The van der Waals surface area contributed by atoms with Crippen LogP contribution in [0.1, 0.15) is 25.0 Å². The van der Waals surface area contributed by atoms with Crippen molar-refractivity contribution in [3.63, 3.8) is 0 Å². The lowest BCUT2D eigenvalue weighted by atomic mass is 9.65. The van der Waals surface area contributed by atoms with Crippen molar-refractivity contribution < 1.29 is 5.11 Å². The van der Waals surface area contributed by atoms with Crippen molar-refractivity contribution in [3.05, 3.63) is 151 Å². The summed E-state index contributed by atoms with van der Waals surface area (Å²) in [5.41, 5.74) is 5.98. The van der Waals surface area contributed by atoms with Crippen LogP contribution in [0.5, 0.6) is 0 Å². The van der Waals surface area contributed by atoms with Crippen molar-refractivity contribution in [2.45, 2.75) is 25.4 Å². The highest BCUT2D eigenvalue weighted by Crippen LogP contribution is 2.58. The molecular formula is C30H32O. The van der Waals surface area contributed by atoms with Crippen LogP contribution in [0.2, 0.25) is 0 Å². The van der Waals surface area contributed by atoms with Gasteiger partial charge in [0.25, 0.3) is 0 Å². The van der Waals surface area contributed by atoms with Crippen molar-refractivity contribution in [1.82, 2.24) is 0 Å². The van der Waals surface area contributed by atoms with E-state index >= 15 is 0 Å². The molecule has 1 nitrogen and oxygen atoms in total. The van der Waals surface area contributed by atoms with Gasteiger partial charge in [0.2, 0.25) is 0 Å². The molecule has 0 aromatic heterocycles. The number of aliphatic hydroxyl groups is 1. The molecular weight excluding hydrogens is 376 g/mol. The summed E-state index contributed by atoms with van der Waals surface area (Å²) in [6.07, 6.45) is 22.7. The zero-order chi connectivity index (χ0) is 22.9. The molecule has 31 heavy (non-hydrogen) atoms. The molecule has 2 atom stereocenters. The molecule has 1 N–H and O–H groups in total. The molecule has 0 fully saturated rings. The quantitative estimate of drug-likeness (QED) is 0.423. The van der Waals surface area contributed by atoms with Crippen LogP contribution >= 0.6 is 0 Å². The van der Waals surface area contributed by atoms with Gasteiger partial charge in [0.05, 0.1) is 11.5 Å². The van der Waals surface area contributed by atoms with Gasteiger partial charge in [0, 0.05) is 0 Å². The second-order valence-corrected chi connectivity index (χ2v) is 7.22. The molecule has 1 aliphatic carbocycles. The van der Waals surface area contributed by atoms with Crippen LogP contribution in [-0.4, -0.2) is 11.2 Å². The lowest BCUT2D eigenvalue weighted by molar-refractivity contribution is 0.244. The first-order chi connectivity index (χ1) is 15.0. The van der Waals surface area contributed by atoms with Crippen molar-refractivity contribution in [1.29, 1.82) is 0 Å². The minimum atomic E-state index is -0.618. The van der Waals surface area contributed by atoms with Gasteiger partial charge >= 0.3 is 0 Å². The number of benzene rings is 1. The largest absolute Gasteiger partial charge is 0.389 e. The molecule has 0 amide bonds. The van der Waals surface area contributed by atoms with Crippen molar-refractivity contribution in [3.8, 4) is 0 Å². The highest BCUT2D eigenvalue weighted by Gasteiger charge is 2.48. The van der Waals surface area contributed by atoms with Gasteiger partial charge in [0.15, 0.2) is 0 Å². The Balaban J connectivity index is 3.14. The first kappa shape index (κ1) is 23.9. The monoisotopic (exact) mass is 408 g/mol. The zero-order valence-corrected chi connectivity index (χ0v) is 18.6. The molecule has 0 aliphatic heterocycles. The average Bonchev–Trinajstić information content (AvgIpc) is 3.04. The molecule has 1 heteroatoms. The van der Waals surface area contributed by atoms with Gasteiger partial charge < -0.3 is 5.11 Å². The molecule has 1 aromatic rings. The first-order valence-electron chi connectivity index (χ1n) is 10.4. The lowest BCUT2D eigenvalue weighted by Crippen LogP contribution is -2.30. The number of hydrogen-bond acceptors (Lipinski definition) is 1. The number of rotatable bonds is 9. The molecule has 158 valence electrons. The number of hydrogen-bond donors (Lipinski definition) is 1. The van der Waals surface area contributed by atoms with Crippen LogP contribution in [0.4, 0.5) is 0 Å². The lowest BCUT2D eigenvalue weighted by Gasteiger charge is -2.36. The van der Waals surface area contributed by atoms with Gasteiger partial charge in [-0.15, -0.1) is 0 Å². The summed E-state index contributed by atoms with van der Waals surface area (Å²) in [5, 5.41) is 10.00. The van der Waals surface area contributed by atoms with Crippen molar-refractivity contribution in [2.24, 2.45) is 0 Å². The third kappa shape index (κ3) is 4.52. The summed E-state index contributed by atoms with van der Waals surface area (Å²) in [5.74, 6) is 0. The molecule has 1 aliphatic rings. The average molecular weight is 409 g/mol. The third-order valence-electron chi connectivity index (χ3n) is 5.32. The topological polar surface area (TPSA) is 20.2 Å². The predicted molar refractivity (Wildman–Crippen MR) is 137 cm³/mol. The van der Waals surface area contributed by atoms with Gasteiger partial charge in [-0.05, 0) is 47.3 Å². The van der Waals surface area contributed by atoms with E-state index < -0.39 is 11.5 Å². The van der Waals surface area contributed by atoms with E-state index in [1.807, 2.05) is 30.4 Å². The van der Waals surface area contributed by atoms with Crippen molar-refractivity contribution >= 4 is 5.57 Å². The third-order valence-corrected chi connectivity index (χ3v) is 5.32. The highest BCUT2D eigenvalue weighted by molar-refractivity contribution is 5.95. The molecule has 1 aromatic carbocycles. The van der Waals surface area contributed by atoms with Crippen LogP contribution in [0.25, 0.3) is 5.57 Å². The Kier molecular flexibility index (Phi) is 8.54. The number of allylic oxidation sites excluding steroid dienone is 15. The second-order valence-electron chi connectivity index (χ2n) is 7.22. The minimum absolute atomic E-state index is 0.574. The Labute approximate surface area is 187 Å². The zero-order valence-electron chi connectivity index (χ0n) is 18.6. The summed E-state index contributed by atoms with van der Waals surface area (Å²) in [4.78, 5) is 0. The molecule has 0 saturated carbocycles. The second kappa shape index (κ2) is 11.1. The van der Waals surface area contributed by atoms with E-state index in [4.69, 9.17) is 0 Å². The summed E-state index contributed by atoms with van der Waals surface area (Å²) in [7, 11) is 0. The smallest absolute Gasteiger partial charge is 0.0710 e. The molecule has 0 heterocycles. The van der Waals surface area contributed by atoms with Crippen LogP contribution in [0.3, 0.4) is 0 Å². The van der Waals surface area contributed by atoms with Crippen LogP contribution in [0.15, 0.2) is 140 Å². The highest BCUT2D eigenvalue weighted by atomic mass is 16.3. The van der Waals surface area contributed by atoms with Gasteiger partial charge in [-0.3, -0.25) is 0 Å². The molecule has 0 saturated heterocycles. The standard InChI is InChI=1S/C30H32O/c1-7-12-18-24(15-8-2)30(25(16-9-3)22-21-23(6)31)28(11-5)26(17-10-4)27-19-13-14-20-29(27)30/h7-23,31H,1-4H2,5-6H3/b18-12-,22-21-,24-15+,25-16+,26-17-,28-11+. The van der Waals surface area contributed by atoms with E-state index in [1.54, 1.807) is 31.2 Å². The van der Waals surface area contributed by atoms with Crippen LogP contribution < -0.4 is 0 Å². The van der Waals surface area contributed by atoms with Crippen LogP contribution in [0, 0.1) is 0 Å².